The Morgan fingerprint density at radius 1 is 1.07 bits per heavy atom. The van der Waals surface area contributed by atoms with Crippen LogP contribution < -0.4 is 0 Å². The molecule has 0 unspecified atom stereocenters. The molecule has 0 saturated heterocycles. The maximum atomic E-state index is 4.23. The first-order valence-electron chi connectivity index (χ1n) is 4.57. The van der Waals surface area contributed by atoms with E-state index in [1.165, 1.54) is 0 Å². The van der Waals surface area contributed by atoms with E-state index in [4.69, 9.17) is 0 Å². The second-order valence-electron chi connectivity index (χ2n) is 2.55. The molecule has 1 nitrogen and oxygen atoms in total. The summed E-state index contributed by atoms with van der Waals surface area (Å²) in [6, 6.07) is 0. The number of hydrogen-bond donors (Lipinski definition) is 0. The number of allylic oxidation sites excluding steroid dienone is 7. The molecule has 0 aromatic carbocycles. The first-order chi connectivity index (χ1) is 6.79. The minimum Gasteiger partial charge on any atom is -0.257 e. The highest BCUT2D eigenvalue weighted by Crippen LogP contribution is 2.02. The molecule has 14 heavy (non-hydrogen) atoms. The van der Waals surface area contributed by atoms with Crippen LogP contribution in [0.4, 0.5) is 0 Å². The van der Waals surface area contributed by atoms with Gasteiger partial charge in [0.25, 0.3) is 0 Å². The molecule has 0 aliphatic carbocycles. The Morgan fingerprint density at radius 2 is 1.79 bits per heavy atom. The normalized spacial score (nSPS) is 13.9. The van der Waals surface area contributed by atoms with Crippen molar-refractivity contribution in [1.82, 2.24) is 0 Å². The van der Waals surface area contributed by atoms with Gasteiger partial charge >= 0.3 is 0 Å². The number of rotatable bonds is 5. The number of hydrogen-bond acceptors (Lipinski definition) is 1. The molecule has 0 aliphatic heterocycles. The minimum absolute atomic E-state index is 0.830. The molecular weight excluding hydrogens is 170 g/mol. The monoisotopic (exact) mass is 187 g/mol. The van der Waals surface area contributed by atoms with Crippen LogP contribution >= 0.6 is 0 Å². The third kappa shape index (κ3) is 4.41. The summed E-state index contributed by atoms with van der Waals surface area (Å²) < 4.78 is 0. The van der Waals surface area contributed by atoms with E-state index in [2.05, 4.69) is 18.2 Å². The van der Waals surface area contributed by atoms with E-state index in [1.54, 1.807) is 18.4 Å². The van der Waals surface area contributed by atoms with Crippen molar-refractivity contribution >= 4 is 5.71 Å². The van der Waals surface area contributed by atoms with E-state index >= 15 is 0 Å². The Labute approximate surface area is 86.6 Å². The zero-order valence-electron chi connectivity index (χ0n) is 8.90. The smallest absolute Gasteiger partial charge is 0.0695 e. The second kappa shape index (κ2) is 7.99. The highest BCUT2D eigenvalue weighted by Gasteiger charge is 1.95. The van der Waals surface area contributed by atoms with Crippen LogP contribution in [0.2, 0.25) is 0 Å². The summed E-state index contributed by atoms with van der Waals surface area (Å²) in [6.07, 6.45) is 13.0. The van der Waals surface area contributed by atoms with Gasteiger partial charge in [0.1, 0.15) is 0 Å². The van der Waals surface area contributed by atoms with Gasteiger partial charge in [0, 0.05) is 6.20 Å². The fourth-order valence-electron chi connectivity index (χ4n) is 0.858. The number of nitrogens with zero attached hydrogens (tertiary/aromatic N) is 1. The molecule has 1 heteroatoms. The predicted molar refractivity (Wildman–Crippen MR) is 65.5 cm³/mol. The average molecular weight is 187 g/mol. The molecule has 0 radical (unpaired) electrons. The standard InChI is InChI=1S/C13H17N/c1-5-9-10-12(7-3)13(8-4)14-11-6-2/h5-11H,3-4H2,1-2H3/b9-5-,11-6+,12-10+,14-13-. The summed E-state index contributed by atoms with van der Waals surface area (Å²) >= 11 is 0. The molecule has 0 fully saturated rings. The zero-order valence-corrected chi connectivity index (χ0v) is 8.90. The van der Waals surface area contributed by atoms with Crippen LogP contribution in [0.3, 0.4) is 0 Å². The molecule has 0 aromatic rings. The quantitative estimate of drug-likeness (QED) is 0.458. The van der Waals surface area contributed by atoms with Crippen LogP contribution in [0.5, 0.6) is 0 Å². The summed E-state index contributed by atoms with van der Waals surface area (Å²) in [5, 5.41) is 0. The molecule has 0 N–H and O–H groups in total. The van der Waals surface area contributed by atoms with Crippen molar-refractivity contribution in [2.24, 2.45) is 4.99 Å². The first-order valence-corrected chi connectivity index (χ1v) is 4.57. The molecule has 0 saturated carbocycles. The third-order valence-electron chi connectivity index (χ3n) is 1.54. The van der Waals surface area contributed by atoms with Crippen LogP contribution in [0, 0.1) is 0 Å². The molecule has 0 amide bonds. The Morgan fingerprint density at radius 3 is 2.21 bits per heavy atom. The van der Waals surface area contributed by atoms with Gasteiger partial charge in [-0.05, 0) is 25.5 Å². The lowest BCUT2D eigenvalue weighted by Gasteiger charge is -1.98. The van der Waals surface area contributed by atoms with E-state index in [0.717, 1.165) is 11.3 Å². The lowest BCUT2D eigenvalue weighted by atomic mass is 10.1. The molecule has 0 heterocycles. The topological polar surface area (TPSA) is 12.4 Å². The lowest BCUT2D eigenvalue weighted by molar-refractivity contribution is 1.51. The van der Waals surface area contributed by atoms with Crippen LogP contribution in [-0.2, 0) is 0 Å². The van der Waals surface area contributed by atoms with Gasteiger partial charge in [0.2, 0.25) is 0 Å². The molecule has 0 atom stereocenters. The number of aliphatic imine (C=N–C) groups is 1. The Balaban J connectivity index is 4.96. The SMILES string of the molecule is C=CC(=N/C=C/C)/C(C=C)=C/C=C\C. The van der Waals surface area contributed by atoms with Crippen LogP contribution in [-0.4, -0.2) is 5.71 Å². The van der Waals surface area contributed by atoms with Crippen LogP contribution in [0.1, 0.15) is 13.8 Å². The summed E-state index contributed by atoms with van der Waals surface area (Å²) in [5.74, 6) is 0. The van der Waals surface area contributed by atoms with E-state index < -0.39 is 0 Å². The molecule has 0 aliphatic rings. The van der Waals surface area contributed by atoms with E-state index in [1.807, 2.05) is 38.2 Å². The highest BCUT2D eigenvalue weighted by atomic mass is 14.7. The first kappa shape index (κ1) is 12.4. The van der Waals surface area contributed by atoms with Crippen molar-refractivity contribution < 1.29 is 0 Å². The van der Waals surface area contributed by atoms with Crippen molar-refractivity contribution in [1.29, 1.82) is 0 Å². The Hall–Kier alpha value is -1.63. The van der Waals surface area contributed by atoms with Crippen molar-refractivity contribution in [2.45, 2.75) is 13.8 Å². The van der Waals surface area contributed by atoms with E-state index in [9.17, 15) is 0 Å². The van der Waals surface area contributed by atoms with E-state index in [-0.39, 0.29) is 0 Å². The maximum absolute atomic E-state index is 4.23. The van der Waals surface area contributed by atoms with Crippen LogP contribution in [0.15, 0.2) is 66.4 Å². The fraction of sp³-hybridized carbons (Fsp3) is 0.154. The third-order valence-corrected chi connectivity index (χ3v) is 1.54. The van der Waals surface area contributed by atoms with Gasteiger partial charge in [-0.3, -0.25) is 4.99 Å². The summed E-state index contributed by atoms with van der Waals surface area (Å²) in [6.45, 7) is 11.3. The highest BCUT2D eigenvalue weighted by molar-refractivity contribution is 6.10. The van der Waals surface area contributed by atoms with Gasteiger partial charge < -0.3 is 0 Å². The van der Waals surface area contributed by atoms with Crippen molar-refractivity contribution in [3.05, 3.63) is 61.4 Å². The van der Waals surface area contributed by atoms with Gasteiger partial charge in [-0.1, -0.05) is 43.5 Å². The van der Waals surface area contributed by atoms with Gasteiger partial charge in [-0.15, -0.1) is 0 Å². The van der Waals surface area contributed by atoms with E-state index in [0.29, 0.717) is 0 Å². The molecule has 74 valence electrons. The van der Waals surface area contributed by atoms with Gasteiger partial charge in [0.15, 0.2) is 0 Å². The van der Waals surface area contributed by atoms with Gasteiger partial charge in [-0.25, -0.2) is 0 Å². The van der Waals surface area contributed by atoms with Crippen molar-refractivity contribution in [2.75, 3.05) is 0 Å². The van der Waals surface area contributed by atoms with Gasteiger partial charge in [-0.2, -0.15) is 0 Å². The van der Waals surface area contributed by atoms with Crippen molar-refractivity contribution in [3.8, 4) is 0 Å². The van der Waals surface area contributed by atoms with Crippen LogP contribution in [0.25, 0.3) is 0 Å². The average Bonchev–Trinajstić information content (AvgIpc) is 2.23. The Kier molecular flexibility index (Phi) is 7.06. The summed E-state index contributed by atoms with van der Waals surface area (Å²) in [7, 11) is 0. The molecular formula is C13H17N. The molecule has 0 rings (SSSR count). The second-order valence-corrected chi connectivity index (χ2v) is 2.55. The maximum Gasteiger partial charge on any atom is 0.0695 e. The molecule has 0 bridgehead atoms. The lowest BCUT2D eigenvalue weighted by Crippen LogP contribution is -1.94. The molecule has 0 aromatic heterocycles. The minimum atomic E-state index is 0.830. The molecule has 0 spiro atoms. The zero-order chi connectivity index (χ0) is 10.8. The largest absolute Gasteiger partial charge is 0.257 e. The Bertz CT molecular complexity index is 269. The fourth-order valence-corrected chi connectivity index (χ4v) is 0.858. The summed E-state index contributed by atoms with van der Waals surface area (Å²) in [4.78, 5) is 4.23. The summed E-state index contributed by atoms with van der Waals surface area (Å²) in [5.41, 5.74) is 1.80. The predicted octanol–water partition coefficient (Wildman–Crippen LogP) is 3.84. The van der Waals surface area contributed by atoms with Gasteiger partial charge in [0.05, 0.1) is 5.71 Å². The van der Waals surface area contributed by atoms with Crippen molar-refractivity contribution in [3.63, 3.8) is 0 Å².